The molecule has 6 rings (SSSR count). The average Bonchev–Trinajstić information content (AvgIpc) is 3.08. The third-order valence-electron chi connectivity index (χ3n) is 10.3. The van der Waals surface area contributed by atoms with Crippen molar-refractivity contribution >= 4 is 5.91 Å². The van der Waals surface area contributed by atoms with Gasteiger partial charge in [0.05, 0.1) is 0 Å². The fourth-order valence-electron chi connectivity index (χ4n) is 7.36. The first kappa shape index (κ1) is 33.2. The van der Waals surface area contributed by atoms with Gasteiger partial charge in [0, 0.05) is 23.8 Å². The number of hydrogen-bond donors (Lipinski definition) is 1. The van der Waals surface area contributed by atoms with Crippen molar-refractivity contribution in [2.24, 2.45) is 0 Å². The van der Waals surface area contributed by atoms with Crippen molar-refractivity contribution in [3.63, 3.8) is 0 Å². The molecule has 0 radical (unpaired) electrons. The second kappa shape index (κ2) is 13.8. The zero-order chi connectivity index (χ0) is 33.2. The van der Waals surface area contributed by atoms with E-state index < -0.39 is 0 Å². The van der Waals surface area contributed by atoms with Gasteiger partial charge in [-0.2, -0.15) is 0 Å². The van der Waals surface area contributed by atoms with Gasteiger partial charge in [-0.15, -0.1) is 0 Å². The molecule has 2 aliphatic rings. The third-order valence-corrected chi connectivity index (χ3v) is 10.3. The molecule has 1 amide bonds. The molecule has 1 aliphatic carbocycles. The number of hydrogen-bond acceptors (Lipinski definition) is 3. The largest absolute Gasteiger partial charge is 0.346 e. The number of likely N-dealkylation sites (tertiary alicyclic amines) is 1. The number of carbonyl (C=O) groups excluding carboxylic acids is 1. The van der Waals surface area contributed by atoms with Gasteiger partial charge in [0.1, 0.15) is 5.69 Å². The predicted molar refractivity (Wildman–Crippen MR) is 197 cm³/mol. The molecule has 2 atom stereocenters. The highest BCUT2D eigenvalue weighted by Crippen LogP contribution is 2.35. The molecule has 47 heavy (non-hydrogen) atoms. The molecule has 2 fully saturated rings. The Hall–Kier alpha value is -3.76. The van der Waals surface area contributed by atoms with E-state index in [9.17, 15) is 4.79 Å². The van der Waals surface area contributed by atoms with Gasteiger partial charge in [-0.1, -0.05) is 115 Å². The number of amides is 1. The van der Waals surface area contributed by atoms with Crippen LogP contribution >= 0.6 is 0 Å². The molecule has 1 aliphatic heterocycles. The summed E-state index contributed by atoms with van der Waals surface area (Å²) in [5.74, 6) is -0.0576. The maximum absolute atomic E-state index is 13.5. The minimum absolute atomic E-state index is 0.0576. The summed E-state index contributed by atoms with van der Waals surface area (Å²) in [5, 5.41) is 3.39. The normalized spacial score (nSPS) is 19.4. The summed E-state index contributed by atoms with van der Waals surface area (Å²) in [5.41, 5.74) is 10.1. The topological polar surface area (TPSA) is 45.2 Å². The van der Waals surface area contributed by atoms with E-state index in [1.807, 2.05) is 12.3 Å². The first-order valence-corrected chi connectivity index (χ1v) is 17.8. The van der Waals surface area contributed by atoms with Crippen LogP contribution in [0.5, 0.6) is 0 Å². The standard InChI is InChI=1S/C43H53N3O/c1-42(2,3)36-19-14-30(15-20-36)33-26-34(31-16-21-37(22-17-31)43(4,5)6)28-35(27-33)32-18-23-39(44-29-32)41(47)45-38-12-8-9-13-40(38)46-24-10-7-11-25-46/h14-23,26-29,38,40H,7-13,24-25H2,1-6H3,(H,45,47)/t38-,40-/m0/s1. The molecular weight excluding hydrogens is 574 g/mol. The molecule has 246 valence electrons. The Morgan fingerprint density at radius 2 is 1.11 bits per heavy atom. The number of piperidine rings is 1. The summed E-state index contributed by atoms with van der Waals surface area (Å²) in [6.45, 7) is 15.8. The van der Waals surface area contributed by atoms with Gasteiger partial charge in [0.2, 0.25) is 0 Å². The maximum Gasteiger partial charge on any atom is 0.270 e. The molecule has 1 aromatic heterocycles. The number of aromatic nitrogens is 1. The van der Waals surface area contributed by atoms with Crippen molar-refractivity contribution in [3.8, 4) is 33.4 Å². The van der Waals surface area contributed by atoms with E-state index in [0.29, 0.717) is 11.7 Å². The Morgan fingerprint density at radius 3 is 1.60 bits per heavy atom. The van der Waals surface area contributed by atoms with E-state index in [4.69, 9.17) is 4.98 Å². The first-order valence-electron chi connectivity index (χ1n) is 17.8. The lowest BCUT2D eigenvalue weighted by molar-refractivity contribution is 0.0778. The molecule has 1 N–H and O–H groups in total. The first-order chi connectivity index (χ1) is 22.5. The van der Waals surface area contributed by atoms with Gasteiger partial charge in [-0.25, -0.2) is 0 Å². The van der Waals surface area contributed by atoms with E-state index in [0.717, 1.165) is 30.6 Å². The van der Waals surface area contributed by atoms with Crippen LogP contribution in [0.4, 0.5) is 0 Å². The summed E-state index contributed by atoms with van der Waals surface area (Å²) in [7, 11) is 0. The van der Waals surface area contributed by atoms with Crippen molar-refractivity contribution in [2.45, 2.75) is 109 Å². The SMILES string of the molecule is CC(C)(C)c1ccc(-c2cc(-c3ccc(C(C)(C)C)cc3)cc(-c3ccc(C(=O)N[C@H]4CCCC[C@@H]4N4CCCCC4)nc3)c2)cc1. The number of benzene rings is 3. The van der Waals surface area contributed by atoms with Crippen LogP contribution in [0.15, 0.2) is 85.1 Å². The number of nitrogens with one attached hydrogen (secondary N) is 1. The van der Waals surface area contributed by atoms with Crippen LogP contribution in [0.3, 0.4) is 0 Å². The van der Waals surface area contributed by atoms with Crippen LogP contribution in [0.2, 0.25) is 0 Å². The highest BCUT2D eigenvalue weighted by Gasteiger charge is 2.32. The molecule has 4 nitrogen and oxygen atoms in total. The summed E-state index contributed by atoms with van der Waals surface area (Å²) in [6.07, 6.45) is 10.4. The predicted octanol–water partition coefficient (Wildman–Crippen LogP) is 10.2. The summed E-state index contributed by atoms with van der Waals surface area (Å²) in [6, 6.07) is 29.3. The molecule has 4 aromatic rings. The molecule has 0 bridgehead atoms. The van der Waals surface area contributed by atoms with Crippen LogP contribution in [0.25, 0.3) is 33.4 Å². The van der Waals surface area contributed by atoms with Gasteiger partial charge < -0.3 is 5.32 Å². The zero-order valence-corrected chi connectivity index (χ0v) is 29.4. The van der Waals surface area contributed by atoms with Crippen molar-refractivity contribution in [1.29, 1.82) is 0 Å². The van der Waals surface area contributed by atoms with Crippen LogP contribution in [0, 0.1) is 0 Å². The highest BCUT2D eigenvalue weighted by molar-refractivity contribution is 5.93. The Bertz CT molecular complexity index is 1580. The van der Waals surface area contributed by atoms with E-state index in [1.54, 1.807) is 0 Å². The lowest BCUT2D eigenvalue weighted by Gasteiger charge is -2.42. The molecular formula is C43H53N3O. The Morgan fingerprint density at radius 1 is 0.617 bits per heavy atom. The minimum Gasteiger partial charge on any atom is -0.346 e. The van der Waals surface area contributed by atoms with Gasteiger partial charge >= 0.3 is 0 Å². The van der Waals surface area contributed by atoms with Gasteiger partial charge in [-0.3, -0.25) is 14.7 Å². The fourth-order valence-corrected chi connectivity index (χ4v) is 7.36. The highest BCUT2D eigenvalue weighted by atomic mass is 16.2. The van der Waals surface area contributed by atoms with Crippen LogP contribution in [-0.2, 0) is 10.8 Å². The lowest BCUT2D eigenvalue weighted by atomic mass is 9.85. The number of carbonyl (C=O) groups is 1. The summed E-state index contributed by atoms with van der Waals surface area (Å²) >= 11 is 0. The van der Waals surface area contributed by atoms with Crippen LogP contribution in [0.1, 0.15) is 108 Å². The van der Waals surface area contributed by atoms with Gasteiger partial charge in [-0.05, 0) is 113 Å². The zero-order valence-electron chi connectivity index (χ0n) is 29.4. The summed E-state index contributed by atoms with van der Waals surface area (Å²) < 4.78 is 0. The quantitative estimate of drug-likeness (QED) is 0.231. The number of nitrogens with zero attached hydrogens (tertiary/aromatic N) is 2. The Balaban J connectivity index is 1.28. The smallest absolute Gasteiger partial charge is 0.270 e. The van der Waals surface area contributed by atoms with E-state index in [1.165, 1.54) is 71.9 Å². The minimum atomic E-state index is -0.0576. The monoisotopic (exact) mass is 627 g/mol. The molecule has 1 saturated heterocycles. The van der Waals surface area contributed by atoms with Crippen molar-refractivity contribution in [1.82, 2.24) is 15.2 Å². The van der Waals surface area contributed by atoms with E-state index >= 15 is 0 Å². The maximum atomic E-state index is 13.5. The van der Waals surface area contributed by atoms with Gasteiger partial charge in [0.25, 0.3) is 5.91 Å². The molecule has 1 saturated carbocycles. The third kappa shape index (κ3) is 7.87. The van der Waals surface area contributed by atoms with Crippen molar-refractivity contribution in [2.75, 3.05) is 13.1 Å². The number of rotatable bonds is 6. The van der Waals surface area contributed by atoms with E-state index in [2.05, 4.69) is 125 Å². The van der Waals surface area contributed by atoms with Crippen LogP contribution < -0.4 is 5.32 Å². The van der Waals surface area contributed by atoms with E-state index in [-0.39, 0.29) is 22.8 Å². The second-order valence-corrected chi connectivity index (χ2v) is 15.9. The van der Waals surface area contributed by atoms with Crippen molar-refractivity contribution in [3.05, 3.63) is 102 Å². The Kier molecular flexibility index (Phi) is 9.71. The number of pyridine rings is 1. The average molecular weight is 628 g/mol. The van der Waals surface area contributed by atoms with Crippen LogP contribution in [-0.4, -0.2) is 41.0 Å². The molecule has 0 unspecified atom stereocenters. The Labute approximate surface area is 283 Å². The van der Waals surface area contributed by atoms with Crippen molar-refractivity contribution < 1.29 is 4.79 Å². The fraction of sp³-hybridized carbons (Fsp3) is 0.442. The molecule has 3 aromatic carbocycles. The summed E-state index contributed by atoms with van der Waals surface area (Å²) in [4.78, 5) is 20.8. The second-order valence-electron chi connectivity index (χ2n) is 15.9. The van der Waals surface area contributed by atoms with Gasteiger partial charge in [0.15, 0.2) is 0 Å². The molecule has 4 heteroatoms. The molecule has 0 spiro atoms. The lowest BCUT2D eigenvalue weighted by Crippen LogP contribution is -2.54. The molecule has 2 heterocycles.